The average Bonchev–Trinajstić information content (AvgIpc) is 2.37. The number of aliphatic carboxylic acids is 1. The van der Waals surface area contributed by atoms with Crippen molar-refractivity contribution in [3.05, 3.63) is 64.1 Å². The molecule has 0 radical (unpaired) electrons. The Morgan fingerprint density at radius 3 is 2.37 bits per heavy atom. The van der Waals surface area contributed by atoms with Crippen molar-refractivity contribution in [2.24, 2.45) is 0 Å². The van der Waals surface area contributed by atoms with Crippen molar-refractivity contribution in [1.82, 2.24) is 0 Å². The molecule has 2 rings (SSSR count). The largest absolute Gasteiger partial charge is 0.508 e. The van der Waals surface area contributed by atoms with Crippen molar-refractivity contribution in [3.63, 3.8) is 0 Å². The molecule has 4 heteroatoms. The number of phenolic OH excluding ortho intramolecular Hbond substituents is 1. The van der Waals surface area contributed by atoms with Gasteiger partial charge in [-0.2, -0.15) is 0 Å². The first-order valence-corrected chi connectivity index (χ1v) is 6.35. The van der Waals surface area contributed by atoms with Gasteiger partial charge in [-0.25, -0.2) is 4.79 Å². The lowest BCUT2D eigenvalue weighted by Crippen LogP contribution is -1.99. The first kappa shape index (κ1) is 13.4. The minimum Gasteiger partial charge on any atom is -0.508 e. The average molecular weight is 319 g/mol. The van der Waals surface area contributed by atoms with E-state index in [0.717, 1.165) is 4.47 Å². The van der Waals surface area contributed by atoms with Crippen LogP contribution in [0.25, 0.3) is 11.6 Å². The molecule has 19 heavy (non-hydrogen) atoms. The summed E-state index contributed by atoms with van der Waals surface area (Å²) in [6.07, 6.45) is 1.53. The number of phenols is 1. The summed E-state index contributed by atoms with van der Waals surface area (Å²) in [5.74, 6) is -0.903. The Bertz CT molecular complexity index is 630. The number of hydrogen-bond donors (Lipinski definition) is 2. The number of carboxylic acids is 1. The second kappa shape index (κ2) is 5.71. The van der Waals surface area contributed by atoms with Crippen LogP contribution >= 0.6 is 15.9 Å². The molecule has 2 N–H and O–H groups in total. The lowest BCUT2D eigenvalue weighted by molar-refractivity contribution is -0.130. The predicted octanol–water partition coefficient (Wildman–Crippen LogP) is 3.78. The maximum Gasteiger partial charge on any atom is 0.336 e. The van der Waals surface area contributed by atoms with Gasteiger partial charge in [-0.3, -0.25) is 0 Å². The van der Waals surface area contributed by atoms with Crippen LogP contribution in [0.5, 0.6) is 5.75 Å². The summed E-state index contributed by atoms with van der Waals surface area (Å²) in [7, 11) is 0. The predicted molar refractivity (Wildman–Crippen MR) is 77.8 cm³/mol. The SMILES string of the molecule is O=C(O)/C(=C\c1cccc(O)c1)c1ccc(Br)cc1. The summed E-state index contributed by atoms with van der Waals surface area (Å²) in [5.41, 5.74) is 1.43. The topological polar surface area (TPSA) is 57.5 Å². The highest BCUT2D eigenvalue weighted by Crippen LogP contribution is 2.22. The first-order valence-electron chi connectivity index (χ1n) is 5.56. The number of aromatic hydroxyl groups is 1. The molecule has 0 aliphatic rings. The molecule has 2 aromatic rings. The van der Waals surface area contributed by atoms with Crippen molar-refractivity contribution in [2.75, 3.05) is 0 Å². The molecule has 0 bridgehead atoms. The van der Waals surface area contributed by atoms with Gasteiger partial charge in [-0.05, 0) is 41.5 Å². The van der Waals surface area contributed by atoms with Gasteiger partial charge in [-0.15, -0.1) is 0 Å². The number of carboxylic acid groups (broad SMARTS) is 1. The quantitative estimate of drug-likeness (QED) is 0.669. The van der Waals surface area contributed by atoms with Gasteiger partial charge in [0.25, 0.3) is 0 Å². The summed E-state index contributed by atoms with van der Waals surface area (Å²) in [4.78, 5) is 11.3. The molecule has 0 spiro atoms. The fraction of sp³-hybridized carbons (Fsp3) is 0. The van der Waals surface area contributed by atoms with Crippen LogP contribution in [-0.4, -0.2) is 16.2 Å². The Labute approximate surface area is 119 Å². The zero-order valence-electron chi connectivity index (χ0n) is 9.88. The minimum atomic E-state index is -1.01. The molecule has 3 nitrogen and oxygen atoms in total. The smallest absolute Gasteiger partial charge is 0.336 e. The van der Waals surface area contributed by atoms with E-state index in [4.69, 9.17) is 0 Å². The van der Waals surface area contributed by atoms with Gasteiger partial charge in [0.2, 0.25) is 0 Å². The summed E-state index contributed by atoms with van der Waals surface area (Å²) in [5, 5.41) is 18.7. The van der Waals surface area contributed by atoms with Crippen molar-refractivity contribution in [1.29, 1.82) is 0 Å². The molecule has 0 heterocycles. The Kier molecular flexibility index (Phi) is 4.02. The molecule has 0 atom stereocenters. The lowest BCUT2D eigenvalue weighted by atomic mass is 10.0. The standard InChI is InChI=1S/C15H11BrO3/c16-12-6-4-11(5-7-12)14(15(18)19)9-10-2-1-3-13(17)8-10/h1-9,17H,(H,18,19)/b14-9-. The van der Waals surface area contributed by atoms with E-state index in [-0.39, 0.29) is 11.3 Å². The van der Waals surface area contributed by atoms with Crippen LogP contribution in [0, 0.1) is 0 Å². The molecule has 0 amide bonds. The highest BCUT2D eigenvalue weighted by molar-refractivity contribution is 9.10. The fourth-order valence-corrected chi connectivity index (χ4v) is 1.94. The molecule has 0 aliphatic carbocycles. The third-order valence-electron chi connectivity index (χ3n) is 2.57. The van der Waals surface area contributed by atoms with Gasteiger partial charge in [0.15, 0.2) is 0 Å². The molecule has 0 aliphatic heterocycles. The summed E-state index contributed by atoms with van der Waals surface area (Å²) < 4.78 is 0.887. The number of rotatable bonds is 3. The molecule has 96 valence electrons. The van der Waals surface area contributed by atoms with Gasteiger partial charge in [0, 0.05) is 4.47 Å². The third kappa shape index (κ3) is 3.45. The van der Waals surface area contributed by atoms with Crippen molar-refractivity contribution >= 4 is 33.5 Å². The minimum absolute atomic E-state index is 0.106. The molecule has 2 aromatic carbocycles. The second-order valence-electron chi connectivity index (χ2n) is 3.97. The summed E-state index contributed by atoms with van der Waals surface area (Å²) >= 11 is 3.31. The van der Waals surface area contributed by atoms with Gasteiger partial charge in [-0.1, -0.05) is 40.2 Å². The van der Waals surface area contributed by atoms with Crippen molar-refractivity contribution in [3.8, 4) is 5.75 Å². The maximum absolute atomic E-state index is 11.3. The number of hydrogen-bond acceptors (Lipinski definition) is 2. The van der Waals surface area contributed by atoms with Crippen LogP contribution in [-0.2, 0) is 4.79 Å². The van der Waals surface area contributed by atoms with E-state index >= 15 is 0 Å². The summed E-state index contributed by atoms with van der Waals surface area (Å²) in [6.45, 7) is 0. The second-order valence-corrected chi connectivity index (χ2v) is 4.88. The van der Waals surface area contributed by atoms with E-state index < -0.39 is 5.97 Å². The zero-order chi connectivity index (χ0) is 13.8. The van der Waals surface area contributed by atoms with Crippen molar-refractivity contribution < 1.29 is 15.0 Å². The van der Waals surface area contributed by atoms with Crippen LogP contribution in [0.4, 0.5) is 0 Å². The maximum atomic E-state index is 11.3. The molecule has 0 saturated carbocycles. The zero-order valence-corrected chi connectivity index (χ0v) is 11.5. The molecule has 0 aromatic heterocycles. The Hall–Kier alpha value is -2.07. The van der Waals surface area contributed by atoms with Crippen molar-refractivity contribution in [2.45, 2.75) is 0 Å². The lowest BCUT2D eigenvalue weighted by Gasteiger charge is -2.04. The molecular formula is C15H11BrO3. The third-order valence-corrected chi connectivity index (χ3v) is 3.10. The van der Waals surface area contributed by atoms with Crippen LogP contribution in [0.2, 0.25) is 0 Å². The van der Waals surface area contributed by atoms with Crippen LogP contribution in [0.3, 0.4) is 0 Å². The van der Waals surface area contributed by atoms with E-state index in [1.165, 1.54) is 18.2 Å². The van der Waals surface area contributed by atoms with E-state index in [1.54, 1.807) is 36.4 Å². The van der Waals surface area contributed by atoms with Gasteiger partial charge >= 0.3 is 5.97 Å². The fourth-order valence-electron chi connectivity index (χ4n) is 1.68. The molecule has 0 unspecified atom stereocenters. The molecular weight excluding hydrogens is 308 g/mol. The van der Waals surface area contributed by atoms with Crippen LogP contribution in [0.15, 0.2) is 53.0 Å². The molecule has 0 fully saturated rings. The number of benzene rings is 2. The number of carbonyl (C=O) groups is 1. The Morgan fingerprint density at radius 1 is 1.11 bits per heavy atom. The van der Waals surface area contributed by atoms with Gasteiger partial charge < -0.3 is 10.2 Å². The monoisotopic (exact) mass is 318 g/mol. The molecule has 0 saturated heterocycles. The van der Waals surface area contributed by atoms with Crippen LogP contribution < -0.4 is 0 Å². The Morgan fingerprint density at radius 2 is 1.79 bits per heavy atom. The highest BCUT2D eigenvalue weighted by atomic mass is 79.9. The summed E-state index contributed by atoms with van der Waals surface area (Å²) in [6, 6.07) is 13.5. The Balaban J connectivity index is 2.46. The van der Waals surface area contributed by atoms with E-state index in [9.17, 15) is 15.0 Å². The van der Waals surface area contributed by atoms with E-state index in [2.05, 4.69) is 15.9 Å². The van der Waals surface area contributed by atoms with E-state index in [0.29, 0.717) is 11.1 Å². The van der Waals surface area contributed by atoms with Gasteiger partial charge in [0.05, 0.1) is 5.57 Å². The van der Waals surface area contributed by atoms with E-state index in [1.807, 2.05) is 0 Å². The van der Waals surface area contributed by atoms with Crippen LogP contribution in [0.1, 0.15) is 11.1 Å². The normalized spacial score (nSPS) is 11.3. The first-order chi connectivity index (χ1) is 9.06. The highest BCUT2D eigenvalue weighted by Gasteiger charge is 2.10. The van der Waals surface area contributed by atoms with Gasteiger partial charge in [0.1, 0.15) is 5.75 Å². The number of halogens is 1.